The van der Waals surface area contributed by atoms with Crippen molar-refractivity contribution in [3.63, 3.8) is 0 Å². The van der Waals surface area contributed by atoms with Gasteiger partial charge in [-0.2, -0.15) is 18.3 Å². The fourth-order valence-electron chi connectivity index (χ4n) is 3.56. The van der Waals surface area contributed by atoms with Gasteiger partial charge in [-0.3, -0.25) is 0 Å². The predicted molar refractivity (Wildman–Crippen MR) is 97.3 cm³/mol. The first-order chi connectivity index (χ1) is 14.0. The van der Waals surface area contributed by atoms with E-state index in [0.29, 0.717) is 17.0 Å². The smallest absolute Gasteiger partial charge is 0.381 e. The number of nitrogens with one attached hydrogen (secondary N) is 1. The predicted octanol–water partition coefficient (Wildman–Crippen LogP) is 3.50. The van der Waals surface area contributed by atoms with Gasteiger partial charge in [-0.05, 0) is 17.7 Å². The van der Waals surface area contributed by atoms with Gasteiger partial charge in [0, 0.05) is 35.6 Å². The van der Waals surface area contributed by atoms with E-state index in [1.807, 2.05) is 6.07 Å². The third-order valence-electron chi connectivity index (χ3n) is 5.07. The summed E-state index contributed by atoms with van der Waals surface area (Å²) in [7, 11) is 0. The molecular weight excluding hydrogens is 385 g/mol. The van der Waals surface area contributed by atoms with Gasteiger partial charge in [0.25, 0.3) is 0 Å². The van der Waals surface area contributed by atoms with Gasteiger partial charge in [0.15, 0.2) is 11.5 Å². The standard InChI is InChI=1S/C19H15F3N6O/c20-19(21,22)16(13-8-29-9-13)11-1-2-15(24-5-11)28-7-12(6-27-28)14-3-4-23-18-17(14)25-10-26-18/h1-7,10,13,16H,8-9H2,(H,23,25,26). The first-order valence-corrected chi connectivity index (χ1v) is 8.94. The summed E-state index contributed by atoms with van der Waals surface area (Å²) < 4.78 is 46.9. The van der Waals surface area contributed by atoms with E-state index in [9.17, 15) is 13.2 Å². The molecule has 1 saturated heterocycles. The van der Waals surface area contributed by atoms with E-state index in [4.69, 9.17) is 4.74 Å². The highest BCUT2D eigenvalue weighted by Gasteiger charge is 2.48. The van der Waals surface area contributed by atoms with Gasteiger partial charge < -0.3 is 9.72 Å². The average Bonchev–Trinajstić information content (AvgIpc) is 3.33. The second kappa shape index (κ2) is 6.66. The highest BCUT2D eigenvalue weighted by atomic mass is 19.4. The van der Waals surface area contributed by atoms with Crippen LogP contribution >= 0.6 is 0 Å². The first kappa shape index (κ1) is 17.8. The van der Waals surface area contributed by atoms with Crippen LogP contribution in [0.2, 0.25) is 0 Å². The average molecular weight is 400 g/mol. The quantitative estimate of drug-likeness (QED) is 0.567. The minimum Gasteiger partial charge on any atom is -0.381 e. The number of nitrogens with zero attached hydrogens (tertiary/aromatic N) is 5. The minimum absolute atomic E-state index is 0.113. The van der Waals surface area contributed by atoms with Crippen LogP contribution < -0.4 is 0 Å². The van der Waals surface area contributed by atoms with E-state index in [2.05, 4.69) is 25.0 Å². The lowest BCUT2D eigenvalue weighted by Gasteiger charge is -2.35. The third-order valence-corrected chi connectivity index (χ3v) is 5.07. The number of aromatic amines is 1. The monoisotopic (exact) mass is 400 g/mol. The third kappa shape index (κ3) is 3.15. The maximum Gasteiger partial charge on any atom is 0.396 e. The van der Waals surface area contributed by atoms with Crippen molar-refractivity contribution in [2.24, 2.45) is 5.92 Å². The van der Waals surface area contributed by atoms with E-state index in [0.717, 1.165) is 11.1 Å². The van der Waals surface area contributed by atoms with E-state index in [1.165, 1.54) is 16.9 Å². The van der Waals surface area contributed by atoms with Crippen LogP contribution in [0.1, 0.15) is 11.5 Å². The number of aromatic nitrogens is 6. The van der Waals surface area contributed by atoms with E-state index in [-0.39, 0.29) is 18.8 Å². The molecule has 0 amide bonds. The summed E-state index contributed by atoms with van der Waals surface area (Å²) in [6.45, 7) is 0.226. The molecule has 0 saturated carbocycles. The zero-order valence-electron chi connectivity index (χ0n) is 15.0. The van der Waals surface area contributed by atoms with Crippen LogP contribution in [-0.2, 0) is 4.74 Å². The van der Waals surface area contributed by atoms with Gasteiger partial charge in [0.2, 0.25) is 0 Å². The molecule has 10 heteroatoms. The van der Waals surface area contributed by atoms with Gasteiger partial charge in [0.1, 0.15) is 5.52 Å². The molecule has 1 unspecified atom stereocenters. The Hall–Kier alpha value is -3.27. The molecule has 1 aliphatic rings. The number of imidazole rings is 1. The number of rotatable bonds is 4. The Kier molecular flexibility index (Phi) is 4.09. The van der Waals surface area contributed by atoms with Gasteiger partial charge in [-0.15, -0.1) is 0 Å². The Morgan fingerprint density at radius 2 is 1.97 bits per heavy atom. The number of fused-ring (bicyclic) bond motifs is 1. The van der Waals surface area contributed by atoms with E-state index < -0.39 is 18.0 Å². The highest BCUT2D eigenvalue weighted by molar-refractivity contribution is 5.88. The Balaban J connectivity index is 1.45. The second-order valence-corrected chi connectivity index (χ2v) is 6.90. The van der Waals surface area contributed by atoms with Crippen molar-refractivity contribution in [3.8, 4) is 16.9 Å². The topological polar surface area (TPSA) is 81.5 Å². The van der Waals surface area contributed by atoms with Crippen LogP contribution in [0.5, 0.6) is 0 Å². The molecule has 0 aromatic carbocycles. The highest BCUT2D eigenvalue weighted by Crippen LogP contribution is 2.43. The number of ether oxygens (including phenoxy) is 1. The van der Waals surface area contributed by atoms with Crippen molar-refractivity contribution in [2.75, 3.05) is 13.2 Å². The molecule has 1 aliphatic heterocycles. The normalized spacial score (nSPS) is 16.1. The lowest BCUT2D eigenvalue weighted by Crippen LogP contribution is -2.40. The van der Waals surface area contributed by atoms with E-state index in [1.54, 1.807) is 31.0 Å². The molecule has 148 valence electrons. The van der Waals surface area contributed by atoms with Crippen molar-refractivity contribution in [3.05, 3.63) is 54.9 Å². The molecule has 1 atom stereocenters. The molecule has 0 spiro atoms. The summed E-state index contributed by atoms with van der Waals surface area (Å²) in [5.74, 6) is -1.71. The van der Waals surface area contributed by atoms with Gasteiger partial charge in [-0.1, -0.05) is 6.07 Å². The Morgan fingerprint density at radius 3 is 2.66 bits per heavy atom. The number of hydrogen-bond donors (Lipinski definition) is 1. The zero-order valence-corrected chi connectivity index (χ0v) is 15.0. The van der Waals surface area contributed by atoms with Crippen molar-refractivity contribution >= 4 is 11.2 Å². The molecule has 4 aromatic heterocycles. The van der Waals surface area contributed by atoms with E-state index >= 15 is 0 Å². The molecule has 5 rings (SSSR count). The fourth-order valence-corrected chi connectivity index (χ4v) is 3.56. The second-order valence-electron chi connectivity index (χ2n) is 6.90. The summed E-state index contributed by atoms with van der Waals surface area (Å²) in [4.78, 5) is 15.6. The summed E-state index contributed by atoms with van der Waals surface area (Å²) in [5.41, 5.74) is 3.16. The lowest BCUT2D eigenvalue weighted by molar-refractivity contribution is -0.191. The van der Waals surface area contributed by atoms with Crippen molar-refractivity contribution < 1.29 is 17.9 Å². The number of pyridine rings is 2. The minimum atomic E-state index is -4.34. The summed E-state index contributed by atoms with van der Waals surface area (Å²) >= 11 is 0. The number of hydrogen-bond acceptors (Lipinski definition) is 5. The SMILES string of the molecule is FC(F)(F)C(c1ccc(-n2cc(-c3ccnc4[nH]cnc34)cn2)nc1)C1COC1. The Labute approximate surface area is 162 Å². The molecule has 7 nitrogen and oxygen atoms in total. The molecule has 0 radical (unpaired) electrons. The maximum absolute atomic E-state index is 13.5. The van der Waals surface area contributed by atoms with Gasteiger partial charge in [0.05, 0.1) is 31.7 Å². The molecule has 4 aromatic rings. The maximum atomic E-state index is 13.5. The summed E-state index contributed by atoms with van der Waals surface area (Å²) in [5, 5.41) is 4.29. The fraction of sp³-hybridized carbons (Fsp3) is 0.263. The zero-order chi connectivity index (χ0) is 20.0. The molecule has 0 bridgehead atoms. The molecular formula is C19H15F3N6O. The van der Waals surface area contributed by atoms with Gasteiger partial charge in [-0.25, -0.2) is 19.6 Å². The van der Waals surface area contributed by atoms with Crippen LogP contribution in [0.3, 0.4) is 0 Å². The number of halogens is 3. The van der Waals surface area contributed by atoms with Crippen LogP contribution in [0.4, 0.5) is 13.2 Å². The number of alkyl halides is 3. The van der Waals surface area contributed by atoms with Crippen molar-refractivity contribution in [1.82, 2.24) is 29.7 Å². The molecule has 1 fully saturated rings. The Morgan fingerprint density at radius 1 is 1.10 bits per heavy atom. The van der Waals surface area contributed by atoms with Crippen LogP contribution in [0.25, 0.3) is 28.1 Å². The van der Waals surface area contributed by atoms with Crippen LogP contribution in [0.15, 0.2) is 49.3 Å². The Bertz CT molecular complexity index is 1150. The van der Waals surface area contributed by atoms with Gasteiger partial charge >= 0.3 is 6.18 Å². The molecule has 5 heterocycles. The first-order valence-electron chi connectivity index (χ1n) is 8.94. The largest absolute Gasteiger partial charge is 0.396 e. The molecule has 0 aliphatic carbocycles. The van der Waals surface area contributed by atoms with Crippen LogP contribution in [-0.4, -0.2) is 49.1 Å². The summed E-state index contributed by atoms with van der Waals surface area (Å²) in [6, 6.07) is 4.83. The lowest BCUT2D eigenvalue weighted by atomic mass is 9.85. The van der Waals surface area contributed by atoms with Crippen molar-refractivity contribution in [2.45, 2.75) is 12.1 Å². The number of H-pyrrole nitrogens is 1. The summed E-state index contributed by atoms with van der Waals surface area (Å²) in [6.07, 6.45) is 3.58. The molecule has 1 N–H and O–H groups in total. The van der Waals surface area contributed by atoms with Crippen molar-refractivity contribution in [1.29, 1.82) is 0 Å². The molecule has 29 heavy (non-hydrogen) atoms. The van der Waals surface area contributed by atoms with Crippen LogP contribution in [0, 0.1) is 5.92 Å².